The Labute approximate surface area is 122 Å². The van der Waals surface area contributed by atoms with Crippen LogP contribution in [-0.2, 0) is 4.79 Å². The van der Waals surface area contributed by atoms with Crippen LogP contribution in [0, 0.1) is 11.3 Å². The summed E-state index contributed by atoms with van der Waals surface area (Å²) in [7, 11) is 0. The average Bonchev–Trinajstić information content (AvgIpc) is 2.46. The van der Waals surface area contributed by atoms with Crippen molar-refractivity contribution in [3.8, 4) is 0 Å². The molecule has 2 atom stereocenters. The molecular weight excluding hydrogens is 250 g/mol. The van der Waals surface area contributed by atoms with Gasteiger partial charge in [0.1, 0.15) is 0 Å². The van der Waals surface area contributed by atoms with Gasteiger partial charge in [0, 0.05) is 24.4 Å². The van der Waals surface area contributed by atoms with E-state index in [4.69, 9.17) is 0 Å². The van der Waals surface area contributed by atoms with Gasteiger partial charge in [0.05, 0.1) is 5.60 Å². The van der Waals surface area contributed by atoms with Crippen molar-refractivity contribution >= 4 is 5.91 Å². The molecule has 1 aliphatic heterocycles. The molecule has 114 valence electrons. The highest BCUT2D eigenvalue weighted by atomic mass is 16.3. The van der Waals surface area contributed by atoms with Gasteiger partial charge in [-0.05, 0) is 32.1 Å². The average molecular weight is 279 g/mol. The number of nitrogens with zero attached hydrogens (tertiary/aromatic N) is 1. The molecular formula is C17H29NO2. The van der Waals surface area contributed by atoms with Gasteiger partial charge in [-0.25, -0.2) is 0 Å². The first kappa shape index (κ1) is 14.4. The lowest BCUT2D eigenvalue weighted by atomic mass is 9.70. The summed E-state index contributed by atoms with van der Waals surface area (Å²) in [6.07, 6.45) is 11.0. The lowest BCUT2D eigenvalue weighted by molar-refractivity contribution is -0.154. The van der Waals surface area contributed by atoms with Gasteiger partial charge in [0.2, 0.25) is 5.91 Å². The molecule has 0 bridgehead atoms. The zero-order chi connectivity index (χ0) is 14.2. The molecule has 3 fully saturated rings. The third-order valence-corrected chi connectivity index (χ3v) is 6.19. The van der Waals surface area contributed by atoms with E-state index in [1.165, 1.54) is 25.7 Å². The van der Waals surface area contributed by atoms with Crippen molar-refractivity contribution in [1.29, 1.82) is 0 Å². The Bertz CT molecular complexity index is 375. The van der Waals surface area contributed by atoms with Crippen LogP contribution in [0.25, 0.3) is 0 Å². The molecule has 20 heavy (non-hydrogen) atoms. The third-order valence-electron chi connectivity index (χ3n) is 6.19. The first-order valence-corrected chi connectivity index (χ1v) is 8.55. The number of likely N-dealkylation sites (tertiary alicyclic amines) is 1. The van der Waals surface area contributed by atoms with Crippen LogP contribution >= 0.6 is 0 Å². The maximum absolute atomic E-state index is 12.9. The van der Waals surface area contributed by atoms with E-state index < -0.39 is 5.60 Å². The number of fused-ring (bicyclic) bond motifs is 1. The highest BCUT2D eigenvalue weighted by molar-refractivity contribution is 5.82. The molecule has 0 aromatic rings. The van der Waals surface area contributed by atoms with Crippen molar-refractivity contribution in [1.82, 2.24) is 4.90 Å². The lowest BCUT2D eigenvalue weighted by Gasteiger charge is -2.49. The van der Waals surface area contributed by atoms with Crippen molar-refractivity contribution in [2.75, 3.05) is 13.1 Å². The summed E-state index contributed by atoms with van der Waals surface area (Å²) in [6.45, 7) is 3.72. The molecule has 2 aliphatic carbocycles. The maximum atomic E-state index is 12.9. The van der Waals surface area contributed by atoms with Crippen molar-refractivity contribution in [2.24, 2.45) is 11.3 Å². The minimum Gasteiger partial charge on any atom is -0.389 e. The quantitative estimate of drug-likeness (QED) is 0.801. The van der Waals surface area contributed by atoms with Crippen LogP contribution in [0.1, 0.15) is 71.1 Å². The Hall–Kier alpha value is -0.570. The molecule has 3 rings (SSSR count). The molecule has 0 aromatic carbocycles. The van der Waals surface area contributed by atoms with Gasteiger partial charge in [-0.1, -0.05) is 39.0 Å². The van der Waals surface area contributed by atoms with E-state index >= 15 is 0 Å². The molecule has 3 heteroatoms. The van der Waals surface area contributed by atoms with Crippen LogP contribution in [0.15, 0.2) is 0 Å². The minimum absolute atomic E-state index is 0.123. The van der Waals surface area contributed by atoms with Crippen molar-refractivity contribution in [3.63, 3.8) is 0 Å². The number of aliphatic hydroxyl groups is 1. The van der Waals surface area contributed by atoms with Gasteiger partial charge in [0.15, 0.2) is 0 Å². The van der Waals surface area contributed by atoms with E-state index in [0.717, 1.165) is 51.6 Å². The van der Waals surface area contributed by atoms with E-state index in [0.29, 0.717) is 11.8 Å². The first-order chi connectivity index (χ1) is 9.54. The summed E-state index contributed by atoms with van der Waals surface area (Å²) in [5, 5.41) is 10.7. The Kier molecular flexibility index (Phi) is 3.83. The molecule has 3 aliphatic rings. The number of hydrogen-bond donors (Lipinski definition) is 1. The largest absolute Gasteiger partial charge is 0.389 e. The summed E-state index contributed by atoms with van der Waals surface area (Å²) in [4.78, 5) is 15.0. The predicted octanol–water partition coefficient (Wildman–Crippen LogP) is 3.11. The van der Waals surface area contributed by atoms with Crippen LogP contribution in [-0.4, -0.2) is 34.6 Å². The lowest BCUT2D eigenvalue weighted by Crippen LogP contribution is -2.57. The molecule has 1 heterocycles. The summed E-state index contributed by atoms with van der Waals surface area (Å²) >= 11 is 0. The second-order valence-corrected chi connectivity index (χ2v) is 7.67. The van der Waals surface area contributed by atoms with Crippen molar-refractivity contribution < 1.29 is 9.90 Å². The molecule has 1 saturated heterocycles. The van der Waals surface area contributed by atoms with Gasteiger partial charge < -0.3 is 10.0 Å². The number of carbonyl (C=O) groups excluding carboxylic acids is 1. The zero-order valence-corrected chi connectivity index (χ0v) is 12.9. The summed E-state index contributed by atoms with van der Waals surface area (Å²) in [5.74, 6) is 0.686. The normalized spacial score (nSPS) is 37.3. The van der Waals surface area contributed by atoms with Gasteiger partial charge in [-0.3, -0.25) is 4.79 Å². The number of amides is 1. The van der Waals surface area contributed by atoms with Crippen LogP contribution in [0.2, 0.25) is 0 Å². The van der Waals surface area contributed by atoms with Crippen molar-refractivity contribution in [3.05, 3.63) is 0 Å². The second kappa shape index (κ2) is 5.32. The monoisotopic (exact) mass is 279 g/mol. The molecule has 0 radical (unpaired) electrons. The molecule has 2 unspecified atom stereocenters. The maximum Gasteiger partial charge on any atom is 0.228 e. The summed E-state index contributed by atoms with van der Waals surface area (Å²) in [6, 6.07) is 0. The molecule has 3 nitrogen and oxygen atoms in total. The fraction of sp³-hybridized carbons (Fsp3) is 0.941. The zero-order valence-electron chi connectivity index (χ0n) is 12.9. The first-order valence-electron chi connectivity index (χ1n) is 8.55. The summed E-state index contributed by atoms with van der Waals surface area (Å²) in [5.41, 5.74) is -0.592. The molecule has 0 aromatic heterocycles. The number of piperidine rings is 1. The number of hydrogen-bond acceptors (Lipinski definition) is 2. The summed E-state index contributed by atoms with van der Waals surface area (Å²) < 4.78 is 0. The predicted molar refractivity (Wildman–Crippen MR) is 79.3 cm³/mol. The van der Waals surface area contributed by atoms with E-state index in [1.807, 2.05) is 0 Å². The Balaban J connectivity index is 1.68. The highest BCUT2D eigenvalue weighted by Crippen LogP contribution is 2.43. The Morgan fingerprint density at radius 2 is 1.75 bits per heavy atom. The van der Waals surface area contributed by atoms with Crippen LogP contribution in [0.3, 0.4) is 0 Å². The number of carbonyl (C=O) groups is 1. The van der Waals surface area contributed by atoms with Crippen LogP contribution in [0.4, 0.5) is 0 Å². The fourth-order valence-corrected chi connectivity index (χ4v) is 4.68. The van der Waals surface area contributed by atoms with Gasteiger partial charge in [-0.2, -0.15) is 0 Å². The van der Waals surface area contributed by atoms with Gasteiger partial charge >= 0.3 is 0 Å². The van der Waals surface area contributed by atoms with Crippen LogP contribution < -0.4 is 0 Å². The smallest absolute Gasteiger partial charge is 0.228 e. The highest BCUT2D eigenvalue weighted by Gasteiger charge is 2.46. The molecule has 1 amide bonds. The number of rotatable bonds is 1. The van der Waals surface area contributed by atoms with E-state index in [2.05, 4.69) is 11.8 Å². The standard InChI is InChI=1S/C17H29NO2/c1-16(8-4-2-5-9-16)15(19)18-12-11-17(20)10-6-3-7-14(17)13-18/h14,20H,2-13H2,1H3. The Morgan fingerprint density at radius 1 is 1.05 bits per heavy atom. The second-order valence-electron chi connectivity index (χ2n) is 7.67. The molecule has 0 spiro atoms. The third kappa shape index (κ3) is 2.49. The van der Waals surface area contributed by atoms with E-state index in [-0.39, 0.29) is 5.41 Å². The van der Waals surface area contributed by atoms with Gasteiger partial charge in [0.25, 0.3) is 0 Å². The molecule has 1 N–H and O–H groups in total. The van der Waals surface area contributed by atoms with Gasteiger partial charge in [-0.15, -0.1) is 0 Å². The Morgan fingerprint density at radius 3 is 2.50 bits per heavy atom. The SMILES string of the molecule is CC1(C(=O)N2CCC3(O)CCCCC3C2)CCCCC1. The fourth-order valence-electron chi connectivity index (χ4n) is 4.68. The van der Waals surface area contributed by atoms with E-state index in [9.17, 15) is 9.90 Å². The topological polar surface area (TPSA) is 40.5 Å². The van der Waals surface area contributed by atoms with Crippen LogP contribution in [0.5, 0.6) is 0 Å². The van der Waals surface area contributed by atoms with Crippen molar-refractivity contribution in [2.45, 2.75) is 76.7 Å². The molecule has 2 saturated carbocycles. The minimum atomic E-state index is -0.470. The van der Waals surface area contributed by atoms with E-state index in [1.54, 1.807) is 0 Å².